The maximum atomic E-state index is 11.6. The normalized spacial score (nSPS) is 21.7. The number of methoxy groups -OCH3 is 2. The van der Waals surface area contributed by atoms with Crippen molar-refractivity contribution in [3.63, 3.8) is 0 Å². The largest absolute Gasteiger partial charge is 0.354 e. The number of amides is 1. The van der Waals surface area contributed by atoms with E-state index in [9.17, 15) is 4.79 Å². The number of nitrogens with one attached hydrogen (secondary N) is 2. The second-order valence-corrected chi connectivity index (χ2v) is 4.38. The lowest BCUT2D eigenvalue weighted by molar-refractivity contribution is -0.128. The molecule has 0 saturated carbocycles. The molecule has 15 heavy (non-hydrogen) atoms. The first-order valence-electron chi connectivity index (χ1n) is 4.92. The van der Waals surface area contributed by atoms with E-state index in [2.05, 4.69) is 10.6 Å². The lowest BCUT2D eigenvalue weighted by Gasteiger charge is -2.23. The van der Waals surface area contributed by atoms with Crippen LogP contribution in [0, 0.1) is 0 Å². The van der Waals surface area contributed by atoms with Crippen molar-refractivity contribution in [1.29, 1.82) is 0 Å². The van der Waals surface area contributed by atoms with Crippen molar-refractivity contribution in [2.75, 3.05) is 38.8 Å². The van der Waals surface area contributed by atoms with Gasteiger partial charge in [-0.3, -0.25) is 4.79 Å². The van der Waals surface area contributed by atoms with Gasteiger partial charge in [-0.15, -0.1) is 0 Å². The number of carbonyl (C=O) groups is 1. The van der Waals surface area contributed by atoms with Gasteiger partial charge in [0, 0.05) is 32.3 Å². The summed E-state index contributed by atoms with van der Waals surface area (Å²) in [4.78, 5) is 11.6. The maximum absolute atomic E-state index is 11.6. The van der Waals surface area contributed by atoms with Gasteiger partial charge in [0.15, 0.2) is 6.29 Å². The summed E-state index contributed by atoms with van der Waals surface area (Å²) < 4.78 is 9.95. The van der Waals surface area contributed by atoms with Crippen LogP contribution in [0.1, 0.15) is 0 Å². The molecule has 1 atom stereocenters. The first-order chi connectivity index (χ1) is 7.27. The van der Waals surface area contributed by atoms with Gasteiger partial charge in [0.1, 0.15) is 0 Å². The number of ether oxygens (including phenoxy) is 2. The lowest BCUT2D eigenvalue weighted by atomic mass is 10.3. The molecule has 1 aliphatic rings. The molecule has 2 N–H and O–H groups in total. The SMILES string of the molecule is COC(CNC(=O)C1CSCCN1)OC. The summed E-state index contributed by atoms with van der Waals surface area (Å²) in [7, 11) is 3.10. The Balaban J connectivity index is 2.22. The summed E-state index contributed by atoms with van der Waals surface area (Å²) in [5.74, 6) is 1.92. The lowest BCUT2D eigenvalue weighted by Crippen LogP contribution is -2.50. The van der Waals surface area contributed by atoms with E-state index < -0.39 is 0 Å². The molecular formula is C9H18N2O3S. The molecule has 0 aromatic carbocycles. The minimum Gasteiger partial charge on any atom is -0.354 e. The van der Waals surface area contributed by atoms with Crippen molar-refractivity contribution in [3.8, 4) is 0 Å². The topological polar surface area (TPSA) is 59.6 Å². The number of carbonyl (C=O) groups excluding carboxylic acids is 1. The molecule has 6 heteroatoms. The fraction of sp³-hybridized carbons (Fsp3) is 0.889. The summed E-state index contributed by atoms with van der Waals surface area (Å²) in [5.41, 5.74) is 0. The summed E-state index contributed by atoms with van der Waals surface area (Å²) in [6.07, 6.45) is -0.370. The fourth-order valence-corrected chi connectivity index (χ4v) is 2.24. The van der Waals surface area contributed by atoms with Gasteiger partial charge < -0.3 is 20.1 Å². The molecule has 1 fully saturated rings. The van der Waals surface area contributed by atoms with Crippen LogP contribution in [0.25, 0.3) is 0 Å². The Kier molecular flexibility index (Phi) is 6.00. The van der Waals surface area contributed by atoms with Crippen molar-refractivity contribution in [1.82, 2.24) is 10.6 Å². The standard InChI is InChI=1S/C9H18N2O3S/c1-13-8(14-2)5-11-9(12)7-6-15-4-3-10-7/h7-8,10H,3-6H2,1-2H3,(H,11,12). The molecule has 0 bridgehead atoms. The highest BCUT2D eigenvalue weighted by Crippen LogP contribution is 2.07. The number of hydrogen-bond donors (Lipinski definition) is 2. The highest BCUT2D eigenvalue weighted by atomic mass is 32.2. The molecule has 1 amide bonds. The van der Waals surface area contributed by atoms with Crippen LogP contribution in [0.4, 0.5) is 0 Å². The summed E-state index contributed by atoms with van der Waals surface area (Å²) in [5, 5.41) is 5.95. The van der Waals surface area contributed by atoms with E-state index in [1.807, 2.05) is 0 Å². The van der Waals surface area contributed by atoms with E-state index in [0.29, 0.717) is 6.54 Å². The van der Waals surface area contributed by atoms with Gasteiger partial charge in [0.05, 0.1) is 12.6 Å². The molecule has 1 saturated heterocycles. The van der Waals surface area contributed by atoms with Crippen LogP contribution in [0.5, 0.6) is 0 Å². The molecule has 1 unspecified atom stereocenters. The van der Waals surface area contributed by atoms with Gasteiger partial charge in [-0.25, -0.2) is 0 Å². The van der Waals surface area contributed by atoms with Gasteiger partial charge in [-0.05, 0) is 0 Å². The third kappa shape index (κ3) is 4.38. The smallest absolute Gasteiger partial charge is 0.238 e. The zero-order valence-corrected chi connectivity index (χ0v) is 9.93. The van der Waals surface area contributed by atoms with Crippen LogP contribution in [0.2, 0.25) is 0 Å². The average molecular weight is 234 g/mol. The van der Waals surface area contributed by atoms with Crippen LogP contribution in [-0.4, -0.2) is 57.1 Å². The predicted molar refractivity (Wildman–Crippen MR) is 59.9 cm³/mol. The average Bonchev–Trinajstić information content (AvgIpc) is 2.31. The van der Waals surface area contributed by atoms with Crippen LogP contribution in [-0.2, 0) is 14.3 Å². The van der Waals surface area contributed by atoms with Crippen LogP contribution >= 0.6 is 11.8 Å². The molecule has 0 spiro atoms. The van der Waals surface area contributed by atoms with Crippen LogP contribution < -0.4 is 10.6 Å². The van der Waals surface area contributed by atoms with Gasteiger partial charge in [-0.2, -0.15) is 11.8 Å². The van der Waals surface area contributed by atoms with Crippen molar-refractivity contribution < 1.29 is 14.3 Å². The van der Waals surface area contributed by atoms with Gasteiger partial charge in [0.25, 0.3) is 0 Å². The van der Waals surface area contributed by atoms with E-state index in [0.717, 1.165) is 18.1 Å². The second kappa shape index (κ2) is 7.05. The highest BCUT2D eigenvalue weighted by Gasteiger charge is 2.21. The molecule has 0 aromatic heterocycles. The molecule has 1 rings (SSSR count). The van der Waals surface area contributed by atoms with Gasteiger partial charge in [0.2, 0.25) is 5.91 Å². The molecule has 1 aliphatic heterocycles. The quantitative estimate of drug-likeness (QED) is 0.624. The molecule has 88 valence electrons. The Morgan fingerprint density at radius 1 is 1.60 bits per heavy atom. The van der Waals surface area contributed by atoms with Crippen LogP contribution in [0.15, 0.2) is 0 Å². The first-order valence-corrected chi connectivity index (χ1v) is 6.08. The Bertz CT molecular complexity index is 194. The minimum atomic E-state index is -0.370. The highest BCUT2D eigenvalue weighted by molar-refractivity contribution is 7.99. The zero-order valence-electron chi connectivity index (χ0n) is 9.12. The summed E-state index contributed by atoms with van der Waals surface area (Å²) in [6.45, 7) is 1.27. The van der Waals surface area contributed by atoms with E-state index >= 15 is 0 Å². The van der Waals surface area contributed by atoms with Crippen molar-refractivity contribution in [3.05, 3.63) is 0 Å². The molecule has 5 nitrogen and oxygen atoms in total. The van der Waals surface area contributed by atoms with Gasteiger partial charge in [-0.1, -0.05) is 0 Å². The van der Waals surface area contributed by atoms with E-state index in [1.165, 1.54) is 0 Å². The Morgan fingerprint density at radius 3 is 2.87 bits per heavy atom. The Labute approximate surface area is 94.3 Å². The number of thioether (sulfide) groups is 1. The molecular weight excluding hydrogens is 216 g/mol. The fourth-order valence-electron chi connectivity index (χ4n) is 1.30. The van der Waals surface area contributed by atoms with E-state index in [1.54, 1.807) is 26.0 Å². The Hall–Kier alpha value is -0.300. The third-order valence-electron chi connectivity index (χ3n) is 2.21. The zero-order chi connectivity index (χ0) is 11.1. The van der Waals surface area contributed by atoms with Gasteiger partial charge >= 0.3 is 0 Å². The second-order valence-electron chi connectivity index (χ2n) is 3.23. The van der Waals surface area contributed by atoms with Crippen molar-refractivity contribution in [2.45, 2.75) is 12.3 Å². The summed E-state index contributed by atoms with van der Waals surface area (Å²) >= 11 is 1.79. The maximum Gasteiger partial charge on any atom is 0.238 e. The first kappa shape index (κ1) is 12.8. The summed E-state index contributed by atoms with van der Waals surface area (Å²) in [6, 6.07) is -0.0851. The number of hydrogen-bond acceptors (Lipinski definition) is 5. The third-order valence-corrected chi connectivity index (χ3v) is 3.27. The molecule has 0 aromatic rings. The number of rotatable bonds is 5. The van der Waals surface area contributed by atoms with E-state index in [-0.39, 0.29) is 18.2 Å². The van der Waals surface area contributed by atoms with Crippen molar-refractivity contribution in [2.24, 2.45) is 0 Å². The van der Waals surface area contributed by atoms with Crippen LogP contribution in [0.3, 0.4) is 0 Å². The Morgan fingerprint density at radius 2 is 2.33 bits per heavy atom. The molecule has 0 radical (unpaired) electrons. The minimum absolute atomic E-state index is 0.0151. The van der Waals surface area contributed by atoms with E-state index in [4.69, 9.17) is 9.47 Å². The van der Waals surface area contributed by atoms with Crippen molar-refractivity contribution >= 4 is 17.7 Å². The predicted octanol–water partition coefficient (Wildman–Crippen LogP) is -0.573. The molecule has 1 heterocycles. The monoisotopic (exact) mass is 234 g/mol. The molecule has 0 aliphatic carbocycles.